The fraction of sp³-hybridized carbons (Fsp3) is 0.633. The molecule has 2 aromatic carbocycles. The summed E-state index contributed by atoms with van der Waals surface area (Å²) in [4.78, 5) is 14.2. The van der Waals surface area contributed by atoms with Gasteiger partial charge in [0, 0.05) is 13.0 Å². The zero-order chi connectivity index (χ0) is 28.9. The van der Waals surface area contributed by atoms with Crippen LogP contribution in [-0.2, 0) is 22.1 Å². The van der Waals surface area contributed by atoms with Crippen molar-refractivity contribution in [1.29, 1.82) is 0 Å². The highest BCUT2D eigenvalue weighted by Gasteiger charge is 2.42. The Morgan fingerprint density at radius 2 is 1.75 bits per heavy atom. The minimum absolute atomic E-state index is 0.0237. The molecule has 1 atom stereocenters. The lowest BCUT2D eigenvalue weighted by Gasteiger charge is -2.32. The summed E-state index contributed by atoms with van der Waals surface area (Å²) >= 11 is 0. The lowest BCUT2D eigenvalue weighted by atomic mass is 9.87. The van der Waals surface area contributed by atoms with Gasteiger partial charge in [-0.25, -0.2) is 0 Å². The van der Waals surface area contributed by atoms with Crippen molar-refractivity contribution in [2.24, 2.45) is 11.8 Å². The number of ether oxygens (including phenoxy) is 2. The predicted octanol–water partition coefficient (Wildman–Crippen LogP) is 7.96. The zero-order valence-electron chi connectivity index (χ0n) is 22.8. The first-order valence-corrected chi connectivity index (χ1v) is 14.2. The number of fused-ring (bicyclic) bond motifs is 1. The normalized spacial score (nSPS) is 22.8. The van der Waals surface area contributed by atoms with Crippen molar-refractivity contribution in [3.05, 3.63) is 41.5 Å². The molecule has 1 heterocycles. The lowest BCUT2D eigenvalue weighted by molar-refractivity contribution is -0.185. The van der Waals surface area contributed by atoms with Crippen LogP contribution in [0.2, 0.25) is 0 Å². The highest BCUT2D eigenvalue weighted by Crippen LogP contribution is 2.44. The molecule has 0 radical (unpaired) electrons. The minimum atomic E-state index is -4.67. The van der Waals surface area contributed by atoms with Crippen LogP contribution in [-0.4, -0.2) is 49.4 Å². The standard InChI is InChI=1S/C30H37F6NO3/c1-2-39-27(38)18-21-6-4-16-37(19-21)15-3-5-20-7-13-25-22(17-20)8-14-26(28(25)30(34,35)36)40-24-11-9-23(10-12-24)29(31,32)33/h7-8,13-14,17,21,23-24H,2-6,9-12,15-16,18-19H2,1H3/t21-,23?,24?/m1/s1. The largest absolute Gasteiger partial charge is 0.490 e. The molecule has 0 aromatic heterocycles. The van der Waals surface area contributed by atoms with Crippen molar-refractivity contribution < 1.29 is 40.6 Å². The number of alkyl halides is 6. The van der Waals surface area contributed by atoms with Crippen molar-refractivity contribution in [3.8, 4) is 5.75 Å². The zero-order valence-corrected chi connectivity index (χ0v) is 22.8. The predicted molar refractivity (Wildman–Crippen MR) is 140 cm³/mol. The second-order valence-electron chi connectivity index (χ2n) is 11.0. The van der Waals surface area contributed by atoms with Crippen molar-refractivity contribution >= 4 is 16.7 Å². The van der Waals surface area contributed by atoms with Crippen LogP contribution in [0.15, 0.2) is 30.3 Å². The van der Waals surface area contributed by atoms with Crippen LogP contribution in [0.5, 0.6) is 5.75 Å². The number of likely N-dealkylation sites (tertiary alicyclic amines) is 1. The van der Waals surface area contributed by atoms with Crippen LogP contribution in [0, 0.1) is 11.8 Å². The van der Waals surface area contributed by atoms with E-state index in [0.717, 1.165) is 44.5 Å². The van der Waals surface area contributed by atoms with E-state index in [1.54, 1.807) is 25.1 Å². The Morgan fingerprint density at radius 3 is 2.42 bits per heavy atom. The second kappa shape index (κ2) is 13.0. The van der Waals surface area contributed by atoms with Gasteiger partial charge in [-0.1, -0.05) is 24.3 Å². The van der Waals surface area contributed by atoms with Gasteiger partial charge in [-0.05, 0) is 99.7 Å². The fourth-order valence-electron chi connectivity index (χ4n) is 6.08. The number of esters is 1. The highest BCUT2D eigenvalue weighted by molar-refractivity contribution is 5.89. The van der Waals surface area contributed by atoms with Gasteiger partial charge >= 0.3 is 18.3 Å². The van der Waals surface area contributed by atoms with Crippen LogP contribution in [0.3, 0.4) is 0 Å². The van der Waals surface area contributed by atoms with E-state index in [2.05, 4.69) is 4.90 Å². The number of benzene rings is 2. The number of aryl methyl sites for hydroxylation is 1. The van der Waals surface area contributed by atoms with Crippen LogP contribution in [0.4, 0.5) is 26.3 Å². The maximum absolute atomic E-state index is 14.2. The van der Waals surface area contributed by atoms with Gasteiger partial charge in [0.1, 0.15) is 11.3 Å². The molecule has 0 bridgehead atoms. The Morgan fingerprint density at radius 1 is 1.00 bits per heavy atom. The number of hydrogen-bond donors (Lipinski definition) is 0. The Balaban J connectivity index is 1.38. The Bertz CT molecular complexity index is 1140. The van der Waals surface area contributed by atoms with Gasteiger partial charge < -0.3 is 14.4 Å². The molecule has 0 N–H and O–H groups in total. The number of hydrogen-bond acceptors (Lipinski definition) is 4. The van der Waals surface area contributed by atoms with Gasteiger partial charge in [0.2, 0.25) is 0 Å². The van der Waals surface area contributed by atoms with Crippen LogP contribution in [0.1, 0.15) is 69.4 Å². The van der Waals surface area contributed by atoms with Gasteiger partial charge in [-0.3, -0.25) is 4.79 Å². The molecule has 2 fully saturated rings. The summed E-state index contributed by atoms with van der Waals surface area (Å²) in [6.45, 7) is 4.82. The summed E-state index contributed by atoms with van der Waals surface area (Å²) in [5.41, 5.74) is 0.0512. The lowest BCUT2D eigenvalue weighted by Crippen LogP contribution is -2.37. The molecule has 0 unspecified atom stereocenters. The quantitative estimate of drug-likeness (QED) is 0.225. The summed E-state index contributed by atoms with van der Waals surface area (Å²) in [5.74, 6) is -1.63. The van der Waals surface area contributed by atoms with Gasteiger partial charge in [-0.2, -0.15) is 26.3 Å². The minimum Gasteiger partial charge on any atom is -0.490 e. The number of piperidine rings is 1. The molecule has 2 aromatic rings. The molecule has 1 aliphatic carbocycles. The van der Waals surface area contributed by atoms with Gasteiger partial charge in [-0.15, -0.1) is 0 Å². The van der Waals surface area contributed by atoms with E-state index in [-0.39, 0.29) is 48.7 Å². The first-order valence-electron chi connectivity index (χ1n) is 14.2. The molecule has 10 heteroatoms. The number of nitrogens with zero attached hydrogens (tertiary/aromatic N) is 1. The van der Waals surface area contributed by atoms with Crippen LogP contribution >= 0.6 is 0 Å². The molecule has 1 saturated carbocycles. The average molecular weight is 574 g/mol. The van der Waals surface area contributed by atoms with Crippen LogP contribution < -0.4 is 4.74 Å². The number of rotatable bonds is 9. The van der Waals surface area contributed by atoms with E-state index >= 15 is 0 Å². The summed E-state index contributed by atoms with van der Waals surface area (Å²) < 4.78 is 92.1. The van der Waals surface area contributed by atoms with Crippen molar-refractivity contribution in [2.45, 2.75) is 83.2 Å². The topological polar surface area (TPSA) is 38.8 Å². The third-order valence-corrected chi connectivity index (χ3v) is 8.06. The number of carbonyl (C=O) groups is 1. The average Bonchev–Trinajstić information content (AvgIpc) is 2.88. The molecule has 2 aliphatic rings. The first-order chi connectivity index (χ1) is 18.9. The van der Waals surface area contributed by atoms with E-state index in [4.69, 9.17) is 9.47 Å². The van der Waals surface area contributed by atoms with Gasteiger partial charge in [0.05, 0.1) is 18.6 Å². The molecule has 1 aliphatic heterocycles. The summed E-state index contributed by atoms with van der Waals surface area (Å²) in [7, 11) is 0. The Kier molecular flexibility index (Phi) is 9.90. The summed E-state index contributed by atoms with van der Waals surface area (Å²) in [6.07, 6.45) is -5.79. The molecule has 222 valence electrons. The van der Waals surface area contributed by atoms with Crippen LogP contribution in [0.25, 0.3) is 10.8 Å². The SMILES string of the molecule is CCOC(=O)C[C@H]1CCCN(CCCc2ccc3c(C(F)(F)F)c(OC4CCC(C(F)(F)F)CC4)ccc3c2)C1. The van der Waals surface area contributed by atoms with Gasteiger partial charge in [0.25, 0.3) is 0 Å². The third-order valence-electron chi connectivity index (χ3n) is 8.06. The smallest absolute Gasteiger partial charge is 0.420 e. The molecule has 40 heavy (non-hydrogen) atoms. The molecular weight excluding hydrogens is 536 g/mol. The fourth-order valence-corrected chi connectivity index (χ4v) is 6.08. The molecule has 0 spiro atoms. The number of carbonyl (C=O) groups excluding carboxylic acids is 1. The van der Waals surface area contributed by atoms with E-state index in [9.17, 15) is 31.1 Å². The van der Waals surface area contributed by atoms with Gasteiger partial charge in [0.15, 0.2) is 0 Å². The molecule has 1 saturated heterocycles. The van der Waals surface area contributed by atoms with Crippen molar-refractivity contribution in [3.63, 3.8) is 0 Å². The summed E-state index contributed by atoms with van der Waals surface area (Å²) in [5, 5.41) is 0.473. The first kappa shape index (κ1) is 30.5. The summed E-state index contributed by atoms with van der Waals surface area (Å²) in [6, 6.07) is 7.83. The molecular formula is C30H37F6NO3. The maximum atomic E-state index is 14.2. The Hall–Kier alpha value is -2.49. The van der Waals surface area contributed by atoms with E-state index in [0.29, 0.717) is 24.8 Å². The monoisotopic (exact) mass is 573 g/mol. The second-order valence-corrected chi connectivity index (χ2v) is 11.0. The molecule has 4 nitrogen and oxygen atoms in total. The van der Waals surface area contributed by atoms with E-state index in [1.165, 1.54) is 12.1 Å². The Labute approximate surface area is 231 Å². The molecule has 4 rings (SSSR count). The van der Waals surface area contributed by atoms with E-state index < -0.39 is 29.9 Å². The highest BCUT2D eigenvalue weighted by atomic mass is 19.4. The number of halogens is 6. The van der Waals surface area contributed by atoms with Crippen molar-refractivity contribution in [1.82, 2.24) is 4.90 Å². The molecule has 0 amide bonds. The third kappa shape index (κ3) is 8.04. The van der Waals surface area contributed by atoms with Crippen molar-refractivity contribution in [2.75, 3.05) is 26.2 Å². The van der Waals surface area contributed by atoms with E-state index in [1.807, 2.05) is 0 Å². The maximum Gasteiger partial charge on any atom is 0.420 e.